The number of pyridine rings is 1. The van der Waals surface area contributed by atoms with Crippen molar-refractivity contribution in [2.45, 2.75) is 77.5 Å². The molecule has 7 rings (SSSR count). The first-order chi connectivity index (χ1) is 25.6. The van der Waals surface area contributed by atoms with Crippen LogP contribution in [0, 0.1) is 5.92 Å². The molecule has 2 saturated carbocycles. The van der Waals surface area contributed by atoms with Crippen molar-refractivity contribution in [2.75, 3.05) is 43.4 Å². The molecule has 4 aliphatic rings. The Morgan fingerprint density at radius 1 is 0.981 bits per heavy atom. The summed E-state index contributed by atoms with van der Waals surface area (Å²) < 4.78 is 2.19. The maximum atomic E-state index is 13.1. The SMILES string of the molecule is CCC1c2c(cnn2C2CN(Cc3cccc(C(=O)N(CC)CC)n3)C2)-c2cccc(NC(/C=C(\N)NC(=O)C3CC3)=C(/N)C(=O)NC3CC3)c2N1C. The quantitative estimate of drug-likeness (QED) is 0.122. The van der Waals surface area contributed by atoms with Crippen molar-refractivity contribution in [2.24, 2.45) is 17.4 Å². The molecule has 3 aromatic rings. The predicted molar refractivity (Wildman–Crippen MR) is 204 cm³/mol. The van der Waals surface area contributed by atoms with Crippen molar-refractivity contribution >= 4 is 29.1 Å². The number of hydrogen-bond acceptors (Lipinski definition) is 10. The van der Waals surface area contributed by atoms with Gasteiger partial charge in [-0.1, -0.05) is 25.1 Å². The van der Waals surface area contributed by atoms with Crippen molar-refractivity contribution in [1.29, 1.82) is 0 Å². The number of aromatic nitrogens is 3. The van der Waals surface area contributed by atoms with Crippen LogP contribution in [-0.4, -0.2) is 81.6 Å². The van der Waals surface area contributed by atoms with Crippen LogP contribution in [0.25, 0.3) is 11.1 Å². The first-order valence-corrected chi connectivity index (χ1v) is 18.9. The van der Waals surface area contributed by atoms with Gasteiger partial charge in [0.15, 0.2) is 0 Å². The zero-order chi connectivity index (χ0) is 37.4. The van der Waals surface area contributed by atoms with Gasteiger partial charge >= 0.3 is 0 Å². The van der Waals surface area contributed by atoms with E-state index in [0.29, 0.717) is 31.0 Å². The van der Waals surface area contributed by atoms with E-state index in [1.165, 1.54) is 11.8 Å². The van der Waals surface area contributed by atoms with Gasteiger partial charge in [0, 0.05) is 68.9 Å². The van der Waals surface area contributed by atoms with Gasteiger partial charge in [-0.2, -0.15) is 5.10 Å². The average molecular weight is 722 g/mol. The normalized spacial score (nSPS) is 19.1. The van der Waals surface area contributed by atoms with Crippen molar-refractivity contribution in [3.8, 4) is 11.1 Å². The highest BCUT2D eigenvalue weighted by molar-refractivity contribution is 5.97. The molecule has 3 fully saturated rings. The van der Waals surface area contributed by atoms with E-state index in [1.54, 1.807) is 11.0 Å². The molecule has 2 aliphatic carbocycles. The van der Waals surface area contributed by atoms with Crippen LogP contribution in [0.1, 0.15) is 86.8 Å². The van der Waals surface area contributed by atoms with Gasteiger partial charge in [-0.15, -0.1) is 0 Å². The zero-order valence-corrected chi connectivity index (χ0v) is 31.1. The van der Waals surface area contributed by atoms with Crippen LogP contribution in [0.5, 0.6) is 0 Å². The fourth-order valence-corrected chi connectivity index (χ4v) is 7.39. The Balaban J connectivity index is 1.12. The molecule has 1 unspecified atom stereocenters. The van der Waals surface area contributed by atoms with Crippen LogP contribution in [0.4, 0.5) is 11.4 Å². The minimum Gasteiger partial charge on any atom is -0.393 e. The number of amides is 3. The van der Waals surface area contributed by atoms with Crippen molar-refractivity contribution < 1.29 is 14.4 Å². The van der Waals surface area contributed by atoms with Crippen LogP contribution >= 0.6 is 0 Å². The average Bonchev–Trinajstić information content (AvgIpc) is 4.08. The molecule has 0 bridgehead atoms. The summed E-state index contributed by atoms with van der Waals surface area (Å²) in [6.45, 7) is 9.73. The third-order valence-corrected chi connectivity index (χ3v) is 10.7. The van der Waals surface area contributed by atoms with E-state index in [4.69, 9.17) is 21.5 Å². The van der Waals surface area contributed by atoms with E-state index < -0.39 is 0 Å². The first kappa shape index (κ1) is 36.0. The van der Waals surface area contributed by atoms with Gasteiger partial charge in [-0.25, -0.2) is 4.98 Å². The molecule has 1 atom stereocenters. The lowest BCUT2D eigenvalue weighted by Crippen LogP contribution is -2.48. The minimum absolute atomic E-state index is 0.0101. The number of fused-ring (bicyclic) bond motifs is 3. The fraction of sp³-hybridized carbons (Fsp3) is 0.462. The minimum atomic E-state index is -0.383. The summed E-state index contributed by atoms with van der Waals surface area (Å²) in [5, 5.41) is 14.1. The van der Waals surface area contributed by atoms with E-state index in [0.717, 1.165) is 73.4 Å². The van der Waals surface area contributed by atoms with Gasteiger partial charge < -0.3 is 37.2 Å². The monoisotopic (exact) mass is 721 g/mol. The van der Waals surface area contributed by atoms with Crippen LogP contribution < -0.4 is 32.3 Å². The smallest absolute Gasteiger partial charge is 0.272 e. The lowest BCUT2D eigenvalue weighted by atomic mass is 9.91. The molecule has 1 saturated heterocycles. The van der Waals surface area contributed by atoms with Crippen molar-refractivity contribution in [3.05, 3.63) is 83.0 Å². The molecule has 280 valence electrons. The molecule has 7 N–H and O–H groups in total. The molecule has 14 heteroatoms. The molecule has 2 aromatic heterocycles. The number of likely N-dealkylation sites (tertiary alicyclic amines) is 1. The fourth-order valence-electron chi connectivity index (χ4n) is 7.39. The predicted octanol–water partition coefficient (Wildman–Crippen LogP) is 3.57. The van der Waals surface area contributed by atoms with E-state index in [9.17, 15) is 14.4 Å². The highest BCUT2D eigenvalue weighted by atomic mass is 16.2. The summed E-state index contributed by atoms with van der Waals surface area (Å²) in [5.74, 6) is -0.463. The summed E-state index contributed by atoms with van der Waals surface area (Å²) >= 11 is 0. The Bertz CT molecular complexity index is 1950. The van der Waals surface area contributed by atoms with E-state index >= 15 is 0 Å². The van der Waals surface area contributed by atoms with Crippen molar-refractivity contribution in [3.63, 3.8) is 0 Å². The van der Waals surface area contributed by atoms with Gasteiger partial charge in [-0.3, -0.25) is 24.0 Å². The van der Waals surface area contributed by atoms with Gasteiger partial charge in [0.2, 0.25) is 5.91 Å². The summed E-state index contributed by atoms with van der Waals surface area (Å²) in [4.78, 5) is 49.6. The number of carbonyl (C=O) groups is 3. The molecule has 1 aromatic carbocycles. The van der Waals surface area contributed by atoms with Gasteiger partial charge in [0.05, 0.1) is 46.7 Å². The largest absolute Gasteiger partial charge is 0.393 e. The summed E-state index contributed by atoms with van der Waals surface area (Å²) in [6, 6.07) is 12.0. The zero-order valence-electron chi connectivity index (χ0n) is 31.1. The Kier molecular flexibility index (Phi) is 10.1. The van der Waals surface area contributed by atoms with Crippen molar-refractivity contribution in [1.82, 2.24) is 35.2 Å². The highest BCUT2D eigenvalue weighted by Crippen LogP contribution is 2.49. The first-order valence-electron chi connectivity index (χ1n) is 18.9. The number of nitrogens with two attached hydrogens (primary N) is 2. The van der Waals surface area contributed by atoms with E-state index in [1.807, 2.05) is 44.3 Å². The van der Waals surface area contributed by atoms with Gasteiger partial charge in [0.1, 0.15) is 17.2 Å². The number of nitrogens with zero attached hydrogens (tertiary/aromatic N) is 6. The summed E-state index contributed by atoms with van der Waals surface area (Å²) in [7, 11) is 2.08. The molecule has 53 heavy (non-hydrogen) atoms. The van der Waals surface area contributed by atoms with Gasteiger partial charge in [0.25, 0.3) is 11.8 Å². The molecule has 0 spiro atoms. The van der Waals surface area contributed by atoms with Gasteiger partial charge in [-0.05, 0) is 64.2 Å². The summed E-state index contributed by atoms with van der Waals surface area (Å²) in [6.07, 6.45) is 7.86. The molecular weight excluding hydrogens is 671 g/mol. The number of carbonyl (C=O) groups excluding carboxylic acids is 3. The Morgan fingerprint density at radius 3 is 2.40 bits per heavy atom. The molecular formula is C39H51N11O3. The number of nitrogens with one attached hydrogen (secondary N) is 3. The lowest BCUT2D eigenvalue weighted by Gasteiger charge is -2.43. The molecule has 3 amide bonds. The third-order valence-electron chi connectivity index (χ3n) is 10.7. The Hall–Kier alpha value is -5.37. The summed E-state index contributed by atoms with van der Waals surface area (Å²) in [5.41, 5.74) is 19.4. The lowest BCUT2D eigenvalue weighted by molar-refractivity contribution is -0.121. The number of rotatable bonds is 14. The molecule has 14 nitrogen and oxygen atoms in total. The second-order valence-electron chi connectivity index (χ2n) is 14.5. The maximum Gasteiger partial charge on any atom is 0.272 e. The third kappa shape index (κ3) is 7.45. The number of anilines is 2. The molecule has 2 aliphatic heterocycles. The van der Waals surface area contributed by atoms with Crippen LogP contribution in [0.15, 0.2) is 65.9 Å². The van der Waals surface area contributed by atoms with Crippen LogP contribution in [-0.2, 0) is 16.1 Å². The number of benzene rings is 1. The van der Waals surface area contributed by atoms with Crippen LogP contribution in [0.2, 0.25) is 0 Å². The Labute approximate surface area is 310 Å². The van der Waals surface area contributed by atoms with Crippen LogP contribution in [0.3, 0.4) is 0 Å². The second kappa shape index (κ2) is 14.9. The van der Waals surface area contributed by atoms with E-state index in [-0.39, 0.29) is 53.3 Å². The number of para-hydroxylation sites is 1. The van der Waals surface area contributed by atoms with E-state index in [2.05, 4.69) is 50.5 Å². The Morgan fingerprint density at radius 2 is 1.72 bits per heavy atom. The molecule has 4 heterocycles. The second-order valence-corrected chi connectivity index (χ2v) is 14.5. The maximum absolute atomic E-state index is 13.1. The standard InChI is InChI=1S/C39H51N11O3/c1-5-32-36-28(19-42-50(36)26-21-48(22-26)20-25-10-8-13-30(43-25)39(53)49(6-2)7-3)27-11-9-12-29(35(27)47(32)4)45-31(34(41)38(52)44-24-16-17-24)18-33(40)46-37(51)23-14-15-23/h8-13,18-19,23-24,26,32,45H,5-7,14-17,20-22,40-41H2,1-4H3,(H,44,52)(H,46,51)/b33-18+,34-31+. The highest BCUT2D eigenvalue weighted by Gasteiger charge is 2.38. The number of allylic oxidation sites excluding steroid dienone is 1. The topological polar surface area (TPSA) is 180 Å². The molecule has 0 radical (unpaired) electrons. The number of hydrogen-bond donors (Lipinski definition) is 5.